The van der Waals surface area contributed by atoms with Gasteiger partial charge < -0.3 is 0 Å². The maximum Gasteiger partial charge on any atom is 0.199 e. The number of rotatable bonds is 0. The highest BCUT2D eigenvalue weighted by Gasteiger charge is 2.24. The van der Waals surface area contributed by atoms with Gasteiger partial charge in [0.05, 0.1) is 6.54 Å². The van der Waals surface area contributed by atoms with Crippen molar-refractivity contribution in [1.82, 2.24) is 9.97 Å². The van der Waals surface area contributed by atoms with E-state index in [1.807, 2.05) is 12.3 Å². The largest absolute Gasteiger partial charge is 0.253 e. The Kier molecular flexibility index (Phi) is 2.55. The molecule has 0 unspecified atom stereocenters. The normalized spacial score (nSPS) is 12.2. The standard InChI is InChI=1S/C10H2N8/c11-1-6-4-18(5-14)10-9(15-6)16-7(2-12)8(3-13)17-10/h4H2. The van der Waals surface area contributed by atoms with Crippen LogP contribution in [0, 0.1) is 45.4 Å². The Morgan fingerprint density at radius 3 is 2.17 bits per heavy atom. The van der Waals surface area contributed by atoms with Gasteiger partial charge in [-0.15, -0.1) is 0 Å². The van der Waals surface area contributed by atoms with Gasteiger partial charge in [0.2, 0.25) is 0 Å². The maximum absolute atomic E-state index is 8.94. The SMILES string of the molecule is N#CC1=Nc2nc(C#N)c(C#N)nc2N(C#N)C1. The first kappa shape index (κ1) is 11.0. The van der Waals surface area contributed by atoms with Gasteiger partial charge in [0, 0.05) is 0 Å². The van der Waals surface area contributed by atoms with Crippen molar-refractivity contribution >= 4 is 17.3 Å². The van der Waals surface area contributed by atoms with Crippen LogP contribution >= 0.6 is 0 Å². The molecule has 0 amide bonds. The minimum absolute atomic E-state index is 0.00472. The minimum Gasteiger partial charge on any atom is -0.253 e. The highest BCUT2D eigenvalue weighted by atomic mass is 15.2. The van der Waals surface area contributed by atoms with E-state index < -0.39 is 0 Å². The molecule has 1 aromatic rings. The molecule has 0 fully saturated rings. The third-order valence-electron chi connectivity index (χ3n) is 2.13. The monoisotopic (exact) mass is 234 g/mol. The van der Waals surface area contributed by atoms with Gasteiger partial charge in [-0.3, -0.25) is 4.90 Å². The van der Waals surface area contributed by atoms with Crippen LogP contribution in [0.25, 0.3) is 0 Å². The number of anilines is 1. The topological polar surface area (TPSA) is 137 Å². The molecule has 1 aliphatic heterocycles. The molecular weight excluding hydrogens is 232 g/mol. The van der Waals surface area contributed by atoms with Crippen molar-refractivity contribution in [3.05, 3.63) is 11.4 Å². The molecule has 0 aromatic carbocycles. The van der Waals surface area contributed by atoms with Crippen LogP contribution in [0.15, 0.2) is 4.99 Å². The summed E-state index contributed by atoms with van der Waals surface area (Å²) in [6, 6.07) is 5.25. The fourth-order valence-electron chi connectivity index (χ4n) is 1.36. The Labute approximate surface area is 101 Å². The summed E-state index contributed by atoms with van der Waals surface area (Å²) in [4.78, 5) is 12.7. The second kappa shape index (κ2) is 4.17. The van der Waals surface area contributed by atoms with Crippen LogP contribution in [-0.4, -0.2) is 22.2 Å². The van der Waals surface area contributed by atoms with E-state index in [0.717, 1.165) is 4.90 Å². The first-order valence-electron chi connectivity index (χ1n) is 4.60. The van der Waals surface area contributed by atoms with Crippen LogP contribution in [-0.2, 0) is 0 Å². The lowest BCUT2D eigenvalue weighted by Crippen LogP contribution is -2.28. The van der Waals surface area contributed by atoms with Gasteiger partial charge in [0.1, 0.15) is 23.9 Å². The molecule has 0 saturated carbocycles. The third-order valence-corrected chi connectivity index (χ3v) is 2.13. The molecule has 8 nitrogen and oxygen atoms in total. The van der Waals surface area contributed by atoms with Gasteiger partial charge in [-0.2, -0.15) is 21.0 Å². The molecule has 0 spiro atoms. The first-order chi connectivity index (χ1) is 8.73. The lowest BCUT2D eigenvalue weighted by molar-refractivity contribution is 0.998. The number of nitrogens with zero attached hydrogens (tertiary/aromatic N) is 8. The predicted molar refractivity (Wildman–Crippen MR) is 57.1 cm³/mol. The van der Waals surface area contributed by atoms with Gasteiger partial charge >= 0.3 is 0 Å². The summed E-state index contributed by atoms with van der Waals surface area (Å²) >= 11 is 0. The van der Waals surface area contributed by atoms with Gasteiger partial charge in [-0.25, -0.2) is 15.0 Å². The molecule has 18 heavy (non-hydrogen) atoms. The molecule has 0 aliphatic carbocycles. The second-order valence-corrected chi connectivity index (χ2v) is 3.15. The fraction of sp³-hybridized carbons (Fsp3) is 0.100. The molecule has 0 atom stereocenters. The Bertz CT molecular complexity index is 718. The first-order valence-corrected chi connectivity index (χ1v) is 4.60. The molecule has 0 saturated heterocycles. The summed E-state index contributed by atoms with van der Waals surface area (Å²) in [5, 5.41) is 35.3. The molecule has 2 heterocycles. The molecule has 0 radical (unpaired) electrons. The minimum atomic E-state index is -0.183. The lowest BCUT2D eigenvalue weighted by Gasteiger charge is -2.19. The number of hydrogen-bond donors (Lipinski definition) is 0. The van der Waals surface area contributed by atoms with Gasteiger partial charge in [0.25, 0.3) is 0 Å². The number of aliphatic imine (C=N–C) groups is 1. The zero-order valence-electron chi connectivity index (χ0n) is 8.78. The second-order valence-electron chi connectivity index (χ2n) is 3.15. The van der Waals surface area contributed by atoms with Gasteiger partial charge in [0.15, 0.2) is 29.2 Å². The van der Waals surface area contributed by atoms with Crippen LogP contribution in [0.4, 0.5) is 11.6 Å². The lowest BCUT2D eigenvalue weighted by atomic mass is 10.3. The smallest absolute Gasteiger partial charge is 0.199 e. The van der Waals surface area contributed by atoms with Crippen LogP contribution < -0.4 is 4.90 Å². The predicted octanol–water partition coefficient (Wildman–Crippen LogP) is 0.117. The zero-order chi connectivity index (χ0) is 13.1. The zero-order valence-corrected chi connectivity index (χ0v) is 8.78. The summed E-state index contributed by atoms with van der Waals surface area (Å²) in [7, 11) is 0. The van der Waals surface area contributed by atoms with Crippen molar-refractivity contribution in [3.63, 3.8) is 0 Å². The molecular formula is C10H2N8. The molecule has 1 aromatic heterocycles. The van der Waals surface area contributed by atoms with Crippen molar-refractivity contribution in [3.8, 4) is 24.4 Å². The summed E-state index contributed by atoms with van der Waals surface area (Å²) in [5.74, 6) is 0.0713. The Morgan fingerprint density at radius 2 is 1.61 bits per heavy atom. The van der Waals surface area contributed by atoms with Crippen LogP contribution in [0.2, 0.25) is 0 Å². The van der Waals surface area contributed by atoms with E-state index in [0.29, 0.717) is 0 Å². The third kappa shape index (κ3) is 1.57. The van der Waals surface area contributed by atoms with Gasteiger partial charge in [-0.1, -0.05) is 0 Å². The van der Waals surface area contributed by atoms with E-state index in [-0.39, 0.29) is 35.3 Å². The van der Waals surface area contributed by atoms with Crippen molar-refractivity contribution in [1.29, 1.82) is 21.0 Å². The summed E-state index contributed by atoms with van der Waals surface area (Å²) in [6.07, 6.45) is 1.82. The number of aromatic nitrogens is 2. The molecule has 8 heteroatoms. The van der Waals surface area contributed by atoms with E-state index in [2.05, 4.69) is 15.0 Å². The molecule has 0 bridgehead atoms. The number of nitriles is 4. The highest BCUT2D eigenvalue weighted by Crippen LogP contribution is 2.28. The average molecular weight is 234 g/mol. The van der Waals surface area contributed by atoms with E-state index in [9.17, 15) is 0 Å². The van der Waals surface area contributed by atoms with E-state index in [4.69, 9.17) is 21.0 Å². The summed E-state index contributed by atoms with van der Waals surface area (Å²) < 4.78 is 0. The highest BCUT2D eigenvalue weighted by molar-refractivity contribution is 6.05. The maximum atomic E-state index is 8.94. The van der Waals surface area contributed by atoms with Crippen LogP contribution in [0.1, 0.15) is 11.4 Å². The molecule has 0 N–H and O–H groups in total. The van der Waals surface area contributed by atoms with Crippen LogP contribution in [0.3, 0.4) is 0 Å². The fourth-order valence-corrected chi connectivity index (χ4v) is 1.36. The Balaban J connectivity index is 2.72. The van der Waals surface area contributed by atoms with E-state index in [1.165, 1.54) is 0 Å². The van der Waals surface area contributed by atoms with E-state index in [1.54, 1.807) is 12.1 Å². The van der Waals surface area contributed by atoms with Crippen molar-refractivity contribution < 1.29 is 0 Å². The van der Waals surface area contributed by atoms with Gasteiger partial charge in [-0.05, 0) is 0 Å². The average Bonchev–Trinajstić information content (AvgIpc) is 2.44. The van der Waals surface area contributed by atoms with Crippen LogP contribution in [0.5, 0.6) is 0 Å². The van der Waals surface area contributed by atoms with Crippen molar-refractivity contribution in [2.45, 2.75) is 0 Å². The summed E-state index contributed by atoms with van der Waals surface area (Å²) in [5.41, 5.74) is -0.267. The Hall–Kier alpha value is -3.49. The quantitative estimate of drug-likeness (QED) is 0.581. The number of fused-ring (bicyclic) bond motifs is 1. The molecule has 1 aliphatic rings. The van der Waals surface area contributed by atoms with E-state index >= 15 is 0 Å². The summed E-state index contributed by atoms with van der Waals surface area (Å²) in [6.45, 7) is -0.0224. The molecule has 2 rings (SSSR count). The van der Waals surface area contributed by atoms with Crippen molar-refractivity contribution in [2.75, 3.05) is 11.4 Å². The Morgan fingerprint density at radius 1 is 0.944 bits per heavy atom. The number of hydrogen-bond acceptors (Lipinski definition) is 8. The van der Waals surface area contributed by atoms with Crippen molar-refractivity contribution in [2.24, 2.45) is 4.99 Å². The molecule has 82 valence electrons.